The molecule has 4 rings (SSSR count). The predicted molar refractivity (Wildman–Crippen MR) is 116 cm³/mol. The SMILES string of the molecule is CC(C)(C)S(=O)COc1ccc2nc(Nc3nc4ccccc4s3)ncc2c1. The summed E-state index contributed by atoms with van der Waals surface area (Å²) in [4.78, 5) is 13.5. The third-order valence-electron chi connectivity index (χ3n) is 4.08. The van der Waals surface area contributed by atoms with Crippen molar-refractivity contribution >= 4 is 54.3 Å². The fourth-order valence-electron chi connectivity index (χ4n) is 2.48. The van der Waals surface area contributed by atoms with E-state index in [1.807, 2.05) is 63.2 Å². The average molecular weight is 413 g/mol. The summed E-state index contributed by atoms with van der Waals surface area (Å²) >= 11 is 1.56. The van der Waals surface area contributed by atoms with Gasteiger partial charge in [-0.1, -0.05) is 23.5 Å². The molecule has 2 aromatic carbocycles. The molecule has 0 amide bonds. The molecular weight excluding hydrogens is 392 g/mol. The van der Waals surface area contributed by atoms with Crippen LogP contribution >= 0.6 is 11.3 Å². The maximum atomic E-state index is 12.1. The van der Waals surface area contributed by atoms with Crippen molar-refractivity contribution in [1.82, 2.24) is 15.0 Å². The molecule has 2 heterocycles. The normalized spacial score (nSPS) is 13.0. The van der Waals surface area contributed by atoms with Crippen molar-refractivity contribution in [3.8, 4) is 5.75 Å². The van der Waals surface area contributed by atoms with Gasteiger partial charge in [-0.3, -0.25) is 9.53 Å². The van der Waals surface area contributed by atoms with E-state index in [1.54, 1.807) is 17.5 Å². The Morgan fingerprint density at radius 2 is 1.93 bits per heavy atom. The number of rotatable bonds is 5. The van der Waals surface area contributed by atoms with Crippen molar-refractivity contribution in [1.29, 1.82) is 0 Å². The Morgan fingerprint density at radius 1 is 1.11 bits per heavy atom. The van der Waals surface area contributed by atoms with Crippen LogP contribution in [0.25, 0.3) is 21.1 Å². The maximum Gasteiger partial charge on any atom is 0.229 e. The van der Waals surface area contributed by atoms with Crippen LogP contribution in [0.3, 0.4) is 0 Å². The molecule has 1 atom stereocenters. The summed E-state index contributed by atoms with van der Waals surface area (Å²) in [6, 6.07) is 13.5. The number of fused-ring (bicyclic) bond motifs is 2. The molecule has 4 aromatic rings. The van der Waals surface area contributed by atoms with E-state index in [-0.39, 0.29) is 10.7 Å². The molecule has 0 radical (unpaired) electrons. The Hall–Kier alpha value is -2.58. The number of benzene rings is 2. The van der Waals surface area contributed by atoms with Gasteiger partial charge in [0.2, 0.25) is 5.95 Å². The minimum Gasteiger partial charge on any atom is -0.480 e. The van der Waals surface area contributed by atoms with Gasteiger partial charge in [-0.2, -0.15) is 0 Å². The van der Waals surface area contributed by atoms with Gasteiger partial charge in [0, 0.05) is 16.3 Å². The van der Waals surface area contributed by atoms with Crippen molar-refractivity contribution in [2.75, 3.05) is 11.3 Å². The minimum atomic E-state index is -1.07. The summed E-state index contributed by atoms with van der Waals surface area (Å²) in [5, 5.41) is 4.78. The first-order chi connectivity index (χ1) is 13.4. The first-order valence-electron chi connectivity index (χ1n) is 8.79. The number of ether oxygens (including phenoxy) is 1. The minimum absolute atomic E-state index is 0.160. The molecule has 0 saturated carbocycles. The third kappa shape index (κ3) is 4.13. The Balaban J connectivity index is 1.50. The average Bonchev–Trinajstić information content (AvgIpc) is 3.07. The largest absolute Gasteiger partial charge is 0.480 e. The first-order valence-corrected chi connectivity index (χ1v) is 10.9. The van der Waals surface area contributed by atoms with Gasteiger partial charge in [0.25, 0.3) is 0 Å². The van der Waals surface area contributed by atoms with E-state index in [2.05, 4.69) is 20.3 Å². The zero-order valence-electron chi connectivity index (χ0n) is 15.8. The molecule has 2 aromatic heterocycles. The van der Waals surface area contributed by atoms with Crippen LogP contribution in [-0.2, 0) is 10.8 Å². The molecule has 144 valence electrons. The highest BCUT2D eigenvalue weighted by Crippen LogP contribution is 2.28. The van der Waals surface area contributed by atoms with Crippen LogP contribution in [0.2, 0.25) is 0 Å². The fraction of sp³-hybridized carbons (Fsp3) is 0.250. The lowest BCUT2D eigenvalue weighted by Crippen LogP contribution is -2.26. The van der Waals surface area contributed by atoms with Crippen LogP contribution in [0.4, 0.5) is 11.1 Å². The molecule has 28 heavy (non-hydrogen) atoms. The highest BCUT2D eigenvalue weighted by Gasteiger charge is 2.19. The van der Waals surface area contributed by atoms with Crippen LogP contribution in [0.1, 0.15) is 20.8 Å². The van der Waals surface area contributed by atoms with E-state index in [0.29, 0.717) is 11.7 Å². The number of hydrogen-bond acceptors (Lipinski definition) is 7. The van der Waals surface area contributed by atoms with Gasteiger partial charge in [-0.05, 0) is 51.1 Å². The van der Waals surface area contributed by atoms with E-state index in [4.69, 9.17) is 4.74 Å². The van der Waals surface area contributed by atoms with Crippen LogP contribution < -0.4 is 10.1 Å². The summed E-state index contributed by atoms with van der Waals surface area (Å²) in [6.45, 7) is 5.79. The number of thiazole rings is 1. The second kappa shape index (κ2) is 7.44. The van der Waals surface area contributed by atoms with Crippen molar-refractivity contribution in [2.24, 2.45) is 0 Å². The molecule has 0 aliphatic rings. The summed E-state index contributed by atoms with van der Waals surface area (Å²) in [5.74, 6) is 1.31. The summed E-state index contributed by atoms with van der Waals surface area (Å²) in [5.41, 5.74) is 1.74. The number of aromatic nitrogens is 3. The topological polar surface area (TPSA) is 77.0 Å². The molecular formula is C20H20N4O2S2. The van der Waals surface area contributed by atoms with Gasteiger partial charge >= 0.3 is 0 Å². The zero-order valence-corrected chi connectivity index (χ0v) is 17.4. The Bertz CT molecular complexity index is 1130. The molecule has 0 saturated heterocycles. The first kappa shape index (κ1) is 18.8. The number of nitrogens with zero attached hydrogens (tertiary/aromatic N) is 3. The van der Waals surface area contributed by atoms with Gasteiger partial charge in [-0.25, -0.2) is 15.0 Å². The molecule has 0 bridgehead atoms. The van der Waals surface area contributed by atoms with Gasteiger partial charge in [-0.15, -0.1) is 0 Å². The molecule has 8 heteroatoms. The summed E-state index contributed by atoms with van der Waals surface area (Å²) < 4.78 is 18.6. The quantitative estimate of drug-likeness (QED) is 0.504. The van der Waals surface area contributed by atoms with Crippen molar-refractivity contribution < 1.29 is 8.95 Å². The highest BCUT2D eigenvalue weighted by atomic mass is 32.2. The van der Waals surface area contributed by atoms with Crippen molar-refractivity contribution in [3.05, 3.63) is 48.7 Å². The lowest BCUT2D eigenvalue weighted by molar-refractivity contribution is 0.383. The van der Waals surface area contributed by atoms with Crippen LogP contribution in [0, 0.1) is 0 Å². The van der Waals surface area contributed by atoms with E-state index in [0.717, 1.165) is 26.3 Å². The molecule has 6 nitrogen and oxygen atoms in total. The number of nitrogens with one attached hydrogen (secondary N) is 1. The standard InChI is InChI=1S/C20H20N4O2S2/c1-20(2,3)28(25)12-26-14-8-9-15-13(10-14)11-21-18(22-15)24-19-23-16-6-4-5-7-17(16)27-19/h4-11H,12H2,1-3H3,(H,21,22,23,24). The zero-order chi connectivity index (χ0) is 19.7. The Kier molecular flexibility index (Phi) is 4.99. The van der Waals surface area contributed by atoms with Gasteiger partial charge in [0.05, 0.1) is 26.5 Å². The molecule has 0 fully saturated rings. The second-order valence-electron chi connectivity index (χ2n) is 7.25. The summed E-state index contributed by atoms with van der Waals surface area (Å²) in [7, 11) is -1.07. The Labute approximate surface area is 169 Å². The fourth-order valence-corrected chi connectivity index (χ4v) is 3.94. The molecule has 0 aliphatic heterocycles. The highest BCUT2D eigenvalue weighted by molar-refractivity contribution is 7.86. The van der Waals surface area contributed by atoms with Crippen LogP contribution in [0.5, 0.6) is 5.75 Å². The van der Waals surface area contributed by atoms with Crippen LogP contribution in [0.15, 0.2) is 48.7 Å². The predicted octanol–water partition coefficient (Wildman–Crippen LogP) is 4.87. The van der Waals surface area contributed by atoms with Crippen LogP contribution in [-0.4, -0.2) is 29.8 Å². The monoisotopic (exact) mass is 412 g/mol. The molecule has 1 unspecified atom stereocenters. The lowest BCUT2D eigenvalue weighted by Gasteiger charge is -2.17. The van der Waals surface area contributed by atoms with E-state index < -0.39 is 10.8 Å². The van der Waals surface area contributed by atoms with Crippen molar-refractivity contribution in [3.63, 3.8) is 0 Å². The number of hydrogen-bond donors (Lipinski definition) is 1. The Morgan fingerprint density at radius 3 is 2.71 bits per heavy atom. The number of anilines is 2. The van der Waals surface area contributed by atoms with E-state index >= 15 is 0 Å². The lowest BCUT2D eigenvalue weighted by atomic mass is 10.2. The van der Waals surface area contributed by atoms with Gasteiger partial charge < -0.3 is 4.74 Å². The molecule has 0 spiro atoms. The molecule has 0 aliphatic carbocycles. The summed E-state index contributed by atoms with van der Waals surface area (Å²) in [6.07, 6.45) is 1.74. The van der Waals surface area contributed by atoms with Crippen molar-refractivity contribution in [2.45, 2.75) is 25.5 Å². The third-order valence-corrected chi connectivity index (χ3v) is 6.73. The maximum absolute atomic E-state index is 12.1. The van der Waals surface area contributed by atoms with Gasteiger partial charge in [0.1, 0.15) is 5.75 Å². The second-order valence-corrected chi connectivity index (χ2v) is 10.4. The van der Waals surface area contributed by atoms with E-state index in [1.165, 1.54) is 0 Å². The van der Waals surface area contributed by atoms with E-state index in [9.17, 15) is 4.21 Å². The smallest absolute Gasteiger partial charge is 0.229 e. The number of para-hydroxylation sites is 1. The molecule has 1 N–H and O–H groups in total. The van der Waals surface area contributed by atoms with Gasteiger partial charge in [0.15, 0.2) is 11.1 Å².